The van der Waals surface area contributed by atoms with Crippen molar-refractivity contribution in [3.8, 4) is 0 Å². The fourth-order valence-corrected chi connectivity index (χ4v) is 2.27. The number of nitrogens with one attached hydrogen (secondary N) is 2. The van der Waals surface area contributed by atoms with Gasteiger partial charge in [-0.05, 0) is 0 Å². The van der Waals surface area contributed by atoms with E-state index >= 15 is 0 Å². The highest BCUT2D eigenvalue weighted by atomic mass is 31.2. The first-order valence-corrected chi connectivity index (χ1v) is 8.43. The number of nitrogens with zero attached hydrogens (tertiary/aromatic N) is 2. The second-order valence-corrected chi connectivity index (χ2v) is 6.76. The molecular weight excluding hydrogens is 369 g/mol. The first kappa shape index (κ1) is 18.7. The zero-order chi connectivity index (χ0) is 18.8. The van der Waals surface area contributed by atoms with E-state index in [-0.39, 0.29) is 0 Å². The third-order valence-corrected chi connectivity index (χ3v) is 3.97. The molecule has 0 fully saturated rings. The summed E-state index contributed by atoms with van der Waals surface area (Å²) in [6.07, 6.45) is 1.09. The average molecular weight is 380 g/mol. The van der Waals surface area contributed by atoms with E-state index in [4.69, 9.17) is 9.05 Å². The van der Waals surface area contributed by atoms with Gasteiger partial charge in [0.1, 0.15) is 13.5 Å². The number of aromatic amines is 2. The first-order chi connectivity index (χ1) is 11.6. The van der Waals surface area contributed by atoms with Crippen LogP contribution in [0.4, 0.5) is 8.78 Å². The number of hydrogen-bond donors (Lipinski definition) is 2. The van der Waals surface area contributed by atoms with E-state index in [2.05, 4.69) is 0 Å². The van der Waals surface area contributed by atoms with Crippen molar-refractivity contribution < 1.29 is 22.4 Å². The molecule has 136 valence electrons. The Morgan fingerprint density at radius 2 is 1.28 bits per heavy atom. The lowest BCUT2D eigenvalue weighted by Gasteiger charge is -2.15. The Kier molecular flexibility index (Phi) is 5.30. The lowest BCUT2D eigenvalue weighted by molar-refractivity contribution is 0.137. The van der Waals surface area contributed by atoms with Crippen LogP contribution in [0.2, 0.25) is 0 Å². The van der Waals surface area contributed by atoms with Gasteiger partial charge in [0.15, 0.2) is 0 Å². The van der Waals surface area contributed by atoms with Gasteiger partial charge in [0.25, 0.3) is 11.1 Å². The minimum Gasteiger partial charge on any atom is -0.287 e. The van der Waals surface area contributed by atoms with Gasteiger partial charge in [-0.1, -0.05) is 0 Å². The predicted octanol–water partition coefficient (Wildman–Crippen LogP) is -0.864. The Morgan fingerprint density at radius 3 is 1.64 bits per heavy atom. The Balaban J connectivity index is 2.07. The second-order valence-electron chi connectivity index (χ2n) is 4.70. The van der Waals surface area contributed by atoms with Crippen molar-refractivity contribution in [3.63, 3.8) is 0 Å². The van der Waals surface area contributed by atoms with Crippen LogP contribution in [0.1, 0.15) is 0 Å². The Morgan fingerprint density at radius 1 is 0.920 bits per heavy atom. The van der Waals surface area contributed by atoms with Gasteiger partial charge in [-0.2, -0.15) is 8.78 Å². The molecule has 11 nitrogen and oxygen atoms in total. The van der Waals surface area contributed by atoms with E-state index in [0.29, 0.717) is 21.5 Å². The smallest absolute Gasteiger partial charge is 0.287 e. The third kappa shape index (κ3) is 4.68. The summed E-state index contributed by atoms with van der Waals surface area (Å²) < 4.78 is 49.1. The number of aromatic nitrogens is 4. The van der Waals surface area contributed by atoms with Crippen LogP contribution < -0.4 is 22.5 Å². The lowest BCUT2D eigenvalue weighted by Crippen LogP contribution is -2.32. The number of H-pyrrole nitrogens is 2. The fraction of sp³-hybridized carbons (Fsp3) is 0.273. The molecule has 14 heteroatoms. The number of hydrogen-bond acceptors (Lipinski definition) is 7. The minimum atomic E-state index is -3.87. The molecule has 0 amide bonds. The van der Waals surface area contributed by atoms with Crippen LogP contribution in [-0.2, 0) is 27.1 Å². The summed E-state index contributed by atoms with van der Waals surface area (Å²) in [7, 11) is -3.87. The zero-order valence-corrected chi connectivity index (χ0v) is 13.4. The molecule has 2 aromatic heterocycles. The molecule has 0 radical (unpaired) electrons. The van der Waals surface area contributed by atoms with E-state index in [0.717, 1.165) is 6.66 Å². The van der Waals surface area contributed by atoms with E-state index in [1.54, 1.807) is 9.97 Å². The molecule has 0 aromatic carbocycles. The van der Waals surface area contributed by atoms with Gasteiger partial charge >= 0.3 is 19.0 Å². The van der Waals surface area contributed by atoms with E-state index < -0.39 is 55.2 Å². The SMILES string of the molecule is CP(=O)(OCn1cc(F)c(=O)[nH]c1=O)OCn1cc(F)c(=O)[nH]c1=O. The van der Waals surface area contributed by atoms with Crippen molar-refractivity contribution in [1.29, 1.82) is 0 Å². The molecule has 0 saturated carbocycles. The molecule has 0 aliphatic rings. The van der Waals surface area contributed by atoms with Gasteiger partial charge in [-0.3, -0.25) is 42.3 Å². The van der Waals surface area contributed by atoms with Crippen molar-refractivity contribution in [2.45, 2.75) is 13.5 Å². The van der Waals surface area contributed by atoms with Crippen molar-refractivity contribution in [2.75, 3.05) is 6.66 Å². The van der Waals surface area contributed by atoms with Crippen molar-refractivity contribution in [1.82, 2.24) is 19.1 Å². The third-order valence-electron chi connectivity index (χ3n) is 2.80. The van der Waals surface area contributed by atoms with Gasteiger partial charge in [0, 0.05) is 6.66 Å². The van der Waals surface area contributed by atoms with Crippen molar-refractivity contribution in [3.05, 3.63) is 65.7 Å². The molecular formula is C11H11F2N4O7P. The second kappa shape index (κ2) is 7.09. The van der Waals surface area contributed by atoms with Gasteiger partial charge in [0.2, 0.25) is 11.6 Å². The minimum absolute atomic E-state index is 0.545. The maximum Gasteiger partial charge on any atom is 0.331 e. The molecule has 2 rings (SSSR count). The van der Waals surface area contributed by atoms with E-state index in [1.807, 2.05) is 0 Å². The van der Waals surface area contributed by atoms with E-state index in [9.17, 15) is 32.5 Å². The topological polar surface area (TPSA) is 145 Å². The molecule has 0 aliphatic carbocycles. The Labute approximate surface area is 136 Å². The summed E-state index contributed by atoms with van der Waals surface area (Å²) in [6.45, 7) is -0.475. The van der Waals surface area contributed by atoms with Gasteiger partial charge in [0.05, 0.1) is 12.4 Å². The molecule has 2 aromatic rings. The molecule has 0 saturated heterocycles. The van der Waals surface area contributed by atoms with Crippen LogP contribution >= 0.6 is 7.60 Å². The summed E-state index contributed by atoms with van der Waals surface area (Å²) in [4.78, 5) is 47.9. The normalized spacial score (nSPS) is 11.6. The van der Waals surface area contributed by atoms with Crippen LogP contribution in [0.3, 0.4) is 0 Å². The highest BCUT2D eigenvalue weighted by Gasteiger charge is 2.19. The number of rotatable bonds is 6. The highest BCUT2D eigenvalue weighted by molar-refractivity contribution is 7.52. The van der Waals surface area contributed by atoms with Crippen molar-refractivity contribution in [2.24, 2.45) is 0 Å². The van der Waals surface area contributed by atoms with Gasteiger partial charge in [-0.15, -0.1) is 0 Å². The standard InChI is InChI=1S/C11H11F2N4O7P/c1-25(22,23-4-16-2-6(12)8(18)14-10(16)20)24-5-17-3-7(13)9(19)15-11(17)21/h2-3H,4-5H2,1H3,(H,14,18,20)(H,15,19,21). The average Bonchev–Trinajstić information content (AvgIpc) is 2.52. The molecule has 0 unspecified atom stereocenters. The van der Waals surface area contributed by atoms with Crippen LogP contribution in [0.25, 0.3) is 0 Å². The van der Waals surface area contributed by atoms with Crippen LogP contribution in [-0.4, -0.2) is 25.8 Å². The summed E-state index contributed by atoms with van der Waals surface area (Å²) >= 11 is 0. The molecule has 0 spiro atoms. The summed E-state index contributed by atoms with van der Waals surface area (Å²) in [5.41, 5.74) is -4.47. The highest BCUT2D eigenvalue weighted by Crippen LogP contribution is 2.44. The van der Waals surface area contributed by atoms with Crippen LogP contribution in [0.15, 0.2) is 31.6 Å². The summed E-state index contributed by atoms with van der Waals surface area (Å²) in [5.74, 6) is -2.52. The lowest BCUT2D eigenvalue weighted by atomic mass is 10.6. The van der Waals surface area contributed by atoms with Gasteiger partial charge < -0.3 is 0 Å². The van der Waals surface area contributed by atoms with Crippen LogP contribution in [0.5, 0.6) is 0 Å². The predicted molar refractivity (Wildman–Crippen MR) is 78.3 cm³/mol. The first-order valence-electron chi connectivity index (χ1n) is 6.44. The van der Waals surface area contributed by atoms with Gasteiger partial charge in [-0.25, -0.2) is 9.59 Å². The molecule has 25 heavy (non-hydrogen) atoms. The molecule has 0 atom stereocenters. The van der Waals surface area contributed by atoms with Crippen molar-refractivity contribution >= 4 is 7.60 Å². The monoisotopic (exact) mass is 380 g/mol. The molecule has 0 bridgehead atoms. The maximum atomic E-state index is 13.1. The Bertz CT molecular complexity index is 988. The molecule has 2 heterocycles. The maximum absolute atomic E-state index is 13.1. The van der Waals surface area contributed by atoms with Crippen LogP contribution in [0, 0.1) is 11.6 Å². The molecule has 0 aliphatic heterocycles. The summed E-state index contributed by atoms with van der Waals surface area (Å²) in [6, 6.07) is 0. The van der Waals surface area contributed by atoms with E-state index in [1.165, 1.54) is 0 Å². The largest absolute Gasteiger partial charge is 0.331 e. The fourth-order valence-electron chi connectivity index (χ4n) is 1.53. The summed E-state index contributed by atoms with van der Waals surface area (Å²) in [5, 5.41) is 0. The number of halogens is 2. The zero-order valence-electron chi connectivity index (χ0n) is 12.5. The molecule has 2 N–H and O–H groups in total. The quantitative estimate of drug-likeness (QED) is 0.620. The Hall–Kier alpha value is -2.63.